The lowest BCUT2D eigenvalue weighted by Crippen LogP contribution is -2.16. The maximum absolute atomic E-state index is 12.3. The van der Waals surface area contributed by atoms with Crippen LogP contribution in [0.3, 0.4) is 0 Å². The Bertz CT molecular complexity index is 1030. The minimum absolute atomic E-state index is 0.230. The van der Waals surface area contributed by atoms with E-state index in [9.17, 15) is 8.42 Å². The number of benzene rings is 1. The number of aryl methyl sites for hydroxylation is 1. The van der Waals surface area contributed by atoms with Gasteiger partial charge in [-0.1, -0.05) is 29.4 Å². The molecule has 112 valence electrons. The molecular weight excluding hydrogens is 336 g/mol. The summed E-state index contributed by atoms with van der Waals surface area (Å²) in [6.45, 7) is 2.27. The molecule has 0 aliphatic rings. The van der Waals surface area contributed by atoms with Gasteiger partial charge >= 0.3 is 0 Å². The summed E-state index contributed by atoms with van der Waals surface area (Å²) in [7, 11) is -3.70. The Morgan fingerprint density at radius 3 is 2.86 bits per heavy atom. The summed E-state index contributed by atoms with van der Waals surface area (Å²) in [5, 5.41) is 1.71. The summed E-state index contributed by atoms with van der Waals surface area (Å²) in [5.74, 6) is 2.56. The van der Waals surface area contributed by atoms with E-state index in [1.807, 2.05) is 25.1 Å². The number of aromatic nitrogens is 1. The zero-order valence-electron chi connectivity index (χ0n) is 11.7. The van der Waals surface area contributed by atoms with Crippen LogP contribution in [0.5, 0.6) is 0 Å². The van der Waals surface area contributed by atoms with Crippen LogP contribution < -0.4 is 4.80 Å². The molecule has 0 saturated heterocycles. The molecule has 0 amide bonds. The minimum Gasteiger partial charge on any atom is -0.304 e. The molecule has 22 heavy (non-hydrogen) atoms. The molecule has 1 aromatic carbocycles. The standard InChI is InChI=1S/C15H12N2O2S3/c1-3-8-17-12-7-6-11(2)10-13(12)21-15(17)16-22(18,19)14-5-4-9-20-14/h1,4-7,9-10H,8H2,2H3/b16-15-. The fourth-order valence-electron chi connectivity index (χ4n) is 2.05. The third-order valence-corrected chi connectivity index (χ3v) is 6.83. The molecule has 4 nitrogen and oxygen atoms in total. The summed E-state index contributed by atoms with van der Waals surface area (Å²) in [6, 6.07) is 9.15. The predicted molar refractivity (Wildman–Crippen MR) is 90.5 cm³/mol. The maximum atomic E-state index is 12.3. The van der Waals surface area contributed by atoms with Crippen LogP contribution in [0.1, 0.15) is 5.56 Å². The molecule has 3 rings (SSSR count). The lowest BCUT2D eigenvalue weighted by molar-refractivity contribution is 0.598. The van der Waals surface area contributed by atoms with Gasteiger partial charge in [0.1, 0.15) is 4.21 Å². The second kappa shape index (κ2) is 5.72. The van der Waals surface area contributed by atoms with Gasteiger partial charge in [0, 0.05) is 0 Å². The predicted octanol–water partition coefficient (Wildman–Crippen LogP) is 3.00. The average molecular weight is 348 g/mol. The van der Waals surface area contributed by atoms with E-state index >= 15 is 0 Å². The van der Waals surface area contributed by atoms with E-state index in [1.54, 1.807) is 22.1 Å². The van der Waals surface area contributed by atoms with E-state index in [1.165, 1.54) is 11.3 Å². The van der Waals surface area contributed by atoms with Crippen molar-refractivity contribution in [2.45, 2.75) is 17.7 Å². The Kier molecular flexibility index (Phi) is 3.91. The molecule has 0 unspecified atom stereocenters. The number of sulfonamides is 1. The number of hydrogen-bond donors (Lipinski definition) is 0. The highest BCUT2D eigenvalue weighted by Gasteiger charge is 2.15. The first-order chi connectivity index (χ1) is 10.5. The molecule has 0 radical (unpaired) electrons. The van der Waals surface area contributed by atoms with Crippen molar-refractivity contribution >= 4 is 42.9 Å². The molecule has 0 aliphatic carbocycles. The third kappa shape index (κ3) is 2.73. The maximum Gasteiger partial charge on any atom is 0.294 e. The molecule has 3 aromatic rings. The Labute approximate surface area is 136 Å². The third-order valence-electron chi connectivity index (χ3n) is 3.04. The van der Waals surface area contributed by atoms with Crippen molar-refractivity contribution < 1.29 is 8.42 Å². The highest BCUT2D eigenvalue weighted by atomic mass is 32.2. The van der Waals surface area contributed by atoms with E-state index in [0.717, 1.165) is 27.1 Å². The van der Waals surface area contributed by atoms with Crippen molar-refractivity contribution in [1.82, 2.24) is 4.57 Å². The van der Waals surface area contributed by atoms with Crippen LogP contribution in [0.15, 0.2) is 44.3 Å². The summed E-state index contributed by atoms with van der Waals surface area (Å²) in [6.07, 6.45) is 5.41. The number of nitrogens with zero attached hydrogens (tertiary/aromatic N) is 2. The monoisotopic (exact) mass is 348 g/mol. The Hall–Kier alpha value is -1.88. The molecule has 0 atom stereocenters. The summed E-state index contributed by atoms with van der Waals surface area (Å²) in [4.78, 5) is 0.395. The summed E-state index contributed by atoms with van der Waals surface area (Å²) < 4.78 is 31.6. The van der Waals surface area contributed by atoms with Crippen molar-refractivity contribution in [3.8, 4) is 12.3 Å². The lowest BCUT2D eigenvalue weighted by atomic mass is 10.2. The SMILES string of the molecule is C#CCn1/c(=N/S(=O)(=O)c2cccs2)sc2cc(C)ccc21. The first-order valence-corrected chi connectivity index (χ1v) is 9.53. The van der Waals surface area contributed by atoms with E-state index in [4.69, 9.17) is 6.42 Å². The minimum atomic E-state index is -3.70. The molecule has 0 bridgehead atoms. The number of terminal acetylenes is 1. The van der Waals surface area contributed by atoms with Crippen LogP contribution in [0.25, 0.3) is 10.2 Å². The fraction of sp³-hybridized carbons (Fsp3) is 0.133. The average Bonchev–Trinajstić information content (AvgIpc) is 3.08. The van der Waals surface area contributed by atoms with E-state index in [2.05, 4.69) is 10.3 Å². The van der Waals surface area contributed by atoms with Crippen LogP contribution in [-0.4, -0.2) is 13.0 Å². The Morgan fingerprint density at radius 2 is 2.18 bits per heavy atom. The van der Waals surface area contributed by atoms with Crippen LogP contribution in [-0.2, 0) is 16.6 Å². The lowest BCUT2D eigenvalue weighted by Gasteiger charge is -2.00. The van der Waals surface area contributed by atoms with Gasteiger partial charge in [0.25, 0.3) is 10.0 Å². The van der Waals surface area contributed by atoms with Gasteiger partial charge in [0.15, 0.2) is 0 Å². The van der Waals surface area contributed by atoms with Gasteiger partial charge in [-0.25, -0.2) is 0 Å². The van der Waals surface area contributed by atoms with Crippen molar-refractivity contribution in [3.05, 3.63) is 46.1 Å². The first kappa shape index (κ1) is 15.0. The van der Waals surface area contributed by atoms with E-state index < -0.39 is 10.0 Å². The van der Waals surface area contributed by atoms with Gasteiger partial charge in [-0.05, 0) is 36.1 Å². The molecular formula is C15H12N2O2S3. The molecule has 0 aliphatic heterocycles. The second-order valence-electron chi connectivity index (χ2n) is 4.64. The van der Waals surface area contributed by atoms with Crippen LogP contribution >= 0.6 is 22.7 Å². The number of thiophene rings is 1. The zero-order chi connectivity index (χ0) is 15.7. The van der Waals surface area contributed by atoms with Crippen molar-refractivity contribution in [1.29, 1.82) is 0 Å². The van der Waals surface area contributed by atoms with Gasteiger partial charge in [-0.2, -0.15) is 8.42 Å². The van der Waals surface area contributed by atoms with Gasteiger partial charge in [0.2, 0.25) is 4.80 Å². The molecule has 2 aromatic heterocycles. The van der Waals surface area contributed by atoms with Crippen LogP contribution in [0.4, 0.5) is 0 Å². The van der Waals surface area contributed by atoms with Gasteiger partial charge < -0.3 is 4.57 Å². The van der Waals surface area contributed by atoms with Gasteiger partial charge in [0.05, 0.1) is 16.8 Å². The largest absolute Gasteiger partial charge is 0.304 e. The molecule has 7 heteroatoms. The highest BCUT2D eigenvalue weighted by molar-refractivity contribution is 7.92. The van der Waals surface area contributed by atoms with E-state index in [-0.39, 0.29) is 10.8 Å². The molecule has 0 fully saturated rings. The summed E-state index contributed by atoms with van der Waals surface area (Å²) >= 11 is 2.48. The topological polar surface area (TPSA) is 51.4 Å². The Balaban J connectivity index is 2.29. The van der Waals surface area contributed by atoms with Crippen molar-refractivity contribution in [3.63, 3.8) is 0 Å². The second-order valence-corrected chi connectivity index (χ2v) is 8.43. The highest BCUT2D eigenvalue weighted by Crippen LogP contribution is 2.21. The number of thiazole rings is 1. The van der Waals surface area contributed by atoms with Gasteiger partial charge in [-0.15, -0.1) is 22.2 Å². The van der Waals surface area contributed by atoms with Crippen LogP contribution in [0.2, 0.25) is 0 Å². The quantitative estimate of drug-likeness (QED) is 0.683. The van der Waals surface area contributed by atoms with E-state index in [0.29, 0.717) is 4.80 Å². The van der Waals surface area contributed by atoms with Gasteiger partial charge in [-0.3, -0.25) is 0 Å². The molecule has 0 N–H and O–H groups in total. The number of hydrogen-bond acceptors (Lipinski definition) is 4. The smallest absolute Gasteiger partial charge is 0.294 e. The van der Waals surface area contributed by atoms with Crippen LogP contribution in [0, 0.1) is 19.3 Å². The summed E-state index contributed by atoms with van der Waals surface area (Å²) in [5.41, 5.74) is 2.00. The molecule has 2 heterocycles. The normalized spacial score (nSPS) is 12.6. The molecule has 0 saturated carbocycles. The number of rotatable bonds is 3. The first-order valence-electron chi connectivity index (χ1n) is 6.39. The zero-order valence-corrected chi connectivity index (χ0v) is 14.1. The Morgan fingerprint density at radius 1 is 1.36 bits per heavy atom. The van der Waals surface area contributed by atoms with Crippen molar-refractivity contribution in [2.75, 3.05) is 0 Å². The number of fused-ring (bicyclic) bond motifs is 1. The molecule has 0 spiro atoms. The fourth-order valence-corrected chi connectivity index (χ4v) is 5.35. The van der Waals surface area contributed by atoms with Crippen molar-refractivity contribution in [2.24, 2.45) is 4.40 Å².